The molecule has 130 valence electrons. The van der Waals surface area contributed by atoms with Crippen molar-refractivity contribution in [3.8, 4) is 0 Å². The molecular formula is C25H25N. The maximum atomic E-state index is 3.54. The van der Waals surface area contributed by atoms with E-state index in [-0.39, 0.29) is 5.41 Å². The first kappa shape index (κ1) is 16.7. The van der Waals surface area contributed by atoms with E-state index in [9.17, 15) is 0 Å². The van der Waals surface area contributed by atoms with Gasteiger partial charge in [-0.1, -0.05) is 85.8 Å². The Balaban J connectivity index is 1.42. The molecule has 2 unspecified atom stereocenters. The van der Waals surface area contributed by atoms with Crippen LogP contribution in [0.4, 0.5) is 5.69 Å². The fraction of sp³-hybridized carbons (Fsp3) is 0.200. The van der Waals surface area contributed by atoms with Gasteiger partial charge in [0.05, 0.1) is 0 Å². The third-order valence-corrected chi connectivity index (χ3v) is 5.42. The van der Waals surface area contributed by atoms with Crippen LogP contribution in [-0.2, 0) is 5.41 Å². The van der Waals surface area contributed by atoms with Gasteiger partial charge in [-0.05, 0) is 42.2 Å². The molecule has 26 heavy (non-hydrogen) atoms. The summed E-state index contributed by atoms with van der Waals surface area (Å²) in [4.78, 5) is 0. The van der Waals surface area contributed by atoms with E-state index in [0.29, 0.717) is 5.92 Å². The molecule has 2 aliphatic carbocycles. The summed E-state index contributed by atoms with van der Waals surface area (Å²) in [5.41, 5.74) is 5.14. The molecule has 2 aromatic rings. The topological polar surface area (TPSA) is 12.0 Å². The van der Waals surface area contributed by atoms with Crippen molar-refractivity contribution in [3.05, 3.63) is 114 Å². The van der Waals surface area contributed by atoms with Crippen molar-refractivity contribution in [3.63, 3.8) is 0 Å². The molecule has 4 rings (SSSR count). The maximum absolute atomic E-state index is 3.54. The third-order valence-electron chi connectivity index (χ3n) is 5.42. The summed E-state index contributed by atoms with van der Waals surface area (Å²) in [5, 5.41) is 3.54. The molecule has 0 bridgehead atoms. The second-order valence-electron chi connectivity index (χ2n) is 7.38. The first-order valence-corrected chi connectivity index (χ1v) is 9.38. The minimum absolute atomic E-state index is 0.0805. The summed E-state index contributed by atoms with van der Waals surface area (Å²) in [5.74, 6) is 0.509. The van der Waals surface area contributed by atoms with Gasteiger partial charge in [-0.25, -0.2) is 0 Å². The van der Waals surface area contributed by atoms with Gasteiger partial charge >= 0.3 is 0 Å². The summed E-state index contributed by atoms with van der Waals surface area (Å²) in [6, 6.07) is 19.6. The molecule has 0 saturated carbocycles. The van der Waals surface area contributed by atoms with Gasteiger partial charge in [0.25, 0.3) is 0 Å². The first-order chi connectivity index (χ1) is 12.7. The molecule has 0 fully saturated rings. The largest absolute Gasteiger partial charge is 0.356 e. The van der Waals surface area contributed by atoms with Gasteiger partial charge in [-0.3, -0.25) is 0 Å². The lowest BCUT2D eigenvalue weighted by Crippen LogP contribution is -2.21. The second-order valence-corrected chi connectivity index (χ2v) is 7.38. The highest BCUT2D eigenvalue weighted by Crippen LogP contribution is 2.34. The van der Waals surface area contributed by atoms with E-state index >= 15 is 0 Å². The zero-order valence-corrected chi connectivity index (χ0v) is 15.2. The molecule has 0 saturated heterocycles. The van der Waals surface area contributed by atoms with E-state index in [1.807, 2.05) is 0 Å². The molecule has 1 heteroatoms. The summed E-state index contributed by atoms with van der Waals surface area (Å²) in [6.45, 7) is 2.30. The van der Waals surface area contributed by atoms with Crippen LogP contribution in [-0.4, -0.2) is 0 Å². The van der Waals surface area contributed by atoms with E-state index < -0.39 is 0 Å². The molecular weight excluding hydrogens is 314 g/mol. The number of anilines is 1. The molecule has 0 heterocycles. The van der Waals surface area contributed by atoms with Crippen LogP contribution in [0, 0.1) is 0 Å². The maximum Gasteiger partial charge on any atom is 0.0384 e. The molecule has 0 radical (unpaired) electrons. The smallest absolute Gasteiger partial charge is 0.0384 e. The van der Waals surface area contributed by atoms with Crippen molar-refractivity contribution < 1.29 is 0 Å². The summed E-state index contributed by atoms with van der Waals surface area (Å²) >= 11 is 0. The minimum atomic E-state index is 0.0805. The van der Waals surface area contributed by atoms with E-state index in [4.69, 9.17) is 0 Å². The number of benzene rings is 2. The zero-order valence-electron chi connectivity index (χ0n) is 15.2. The standard InChI is InChI=1S/C25H25N/c1-25(22-10-6-3-7-11-22)18-16-24(17-19-25)26-23-14-12-21(13-15-23)20-8-4-2-5-9-20/h2-8,10-18,20,26H,9,19H2,1H3. The third kappa shape index (κ3) is 3.57. The second kappa shape index (κ2) is 7.21. The molecule has 2 atom stereocenters. The van der Waals surface area contributed by atoms with Crippen LogP contribution in [0.25, 0.3) is 0 Å². The lowest BCUT2D eigenvalue weighted by molar-refractivity contribution is 0.597. The molecule has 1 nitrogen and oxygen atoms in total. The SMILES string of the molecule is CC1(c2ccccc2)C=CC(Nc2ccc(C3C=CC=CC3)cc2)=CC1. The fourth-order valence-corrected chi connectivity index (χ4v) is 3.67. The average Bonchev–Trinajstić information content (AvgIpc) is 2.72. The van der Waals surface area contributed by atoms with Crippen LogP contribution in [0.1, 0.15) is 36.8 Å². The summed E-state index contributed by atoms with van der Waals surface area (Å²) in [7, 11) is 0. The molecule has 0 aromatic heterocycles. The summed E-state index contributed by atoms with van der Waals surface area (Å²) < 4.78 is 0. The summed E-state index contributed by atoms with van der Waals surface area (Å²) in [6.07, 6.45) is 17.7. The molecule has 0 amide bonds. The number of hydrogen-bond acceptors (Lipinski definition) is 1. The Hall–Kier alpha value is -2.80. The van der Waals surface area contributed by atoms with Gasteiger partial charge in [0.1, 0.15) is 0 Å². The van der Waals surface area contributed by atoms with E-state index in [1.54, 1.807) is 0 Å². The van der Waals surface area contributed by atoms with Crippen molar-refractivity contribution in [1.82, 2.24) is 0 Å². The number of hydrogen-bond donors (Lipinski definition) is 1. The highest BCUT2D eigenvalue weighted by Gasteiger charge is 2.24. The number of nitrogens with one attached hydrogen (secondary N) is 1. The minimum Gasteiger partial charge on any atom is -0.356 e. The van der Waals surface area contributed by atoms with Gasteiger partial charge in [0, 0.05) is 22.7 Å². The van der Waals surface area contributed by atoms with Gasteiger partial charge < -0.3 is 5.32 Å². The normalized spacial score (nSPS) is 24.3. The highest BCUT2D eigenvalue weighted by atomic mass is 14.9. The Morgan fingerprint density at radius 3 is 2.42 bits per heavy atom. The quantitative estimate of drug-likeness (QED) is 0.670. The molecule has 2 aliphatic rings. The Morgan fingerprint density at radius 2 is 1.77 bits per heavy atom. The van der Waals surface area contributed by atoms with Crippen LogP contribution in [0.5, 0.6) is 0 Å². The van der Waals surface area contributed by atoms with Crippen LogP contribution in [0.3, 0.4) is 0 Å². The van der Waals surface area contributed by atoms with Gasteiger partial charge in [-0.2, -0.15) is 0 Å². The van der Waals surface area contributed by atoms with Gasteiger partial charge in [-0.15, -0.1) is 0 Å². The molecule has 1 N–H and O–H groups in total. The average molecular weight is 339 g/mol. The lowest BCUT2D eigenvalue weighted by Gasteiger charge is -2.29. The van der Waals surface area contributed by atoms with Crippen molar-refractivity contribution in [2.75, 3.05) is 5.32 Å². The van der Waals surface area contributed by atoms with Crippen LogP contribution < -0.4 is 5.32 Å². The monoisotopic (exact) mass is 339 g/mol. The van der Waals surface area contributed by atoms with E-state index in [2.05, 4.69) is 109 Å². The predicted molar refractivity (Wildman–Crippen MR) is 111 cm³/mol. The zero-order chi connectivity index (χ0) is 17.8. The van der Waals surface area contributed by atoms with Crippen molar-refractivity contribution >= 4 is 5.69 Å². The van der Waals surface area contributed by atoms with Crippen molar-refractivity contribution in [2.45, 2.75) is 31.1 Å². The van der Waals surface area contributed by atoms with Crippen LogP contribution in [0.15, 0.2) is 103 Å². The van der Waals surface area contributed by atoms with E-state index in [1.165, 1.54) is 16.8 Å². The highest BCUT2D eigenvalue weighted by molar-refractivity contribution is 5.54. The van der Waals surface area contributed by atoms with Gasteiger partial charge in [0.15, 0.2) is 0 Å². The Bertz CT molecular complexity index is 868. The number of rotatable bonds is 4. The first-order valence-electron chi connectivity index (χ1n) is 9.38. The molecule has 2 aromatic carbocycles. The van der Waals surface area contributed by atoms with Crippen molar-refractivity contribution in [2.24, 2.45) is 0 Å². The predicted octanol–water partition coefficient (Wildman–Crippen LogP) is 6.50. The lowest BCUT2D eigenvalue weighted by atomic mass is 9.77. The van der Waals surface area contributed by atoms with Crippen molar-refractivity contribution in [1.29, 1.82) is 0 Å². The number of allylic oxidation sites excluding steroid dienone is 7. The Kier molecular flexibility index (Phi) is 4.62. The molecule has 0 spiro atoms. The Labute approximate surface area is 156 Å². The fourth-order valence-electron chi connectivity index (χ4n) is 3.67. The Morgan fingerprint density at radius 1 is 0.962 bits per heavy atom. The van der Waals surface area contributed by atoms with Gasteiger partial charge in [0.2, 0.25) is 0 Å². The van der Waals surface area contributed by atoms with Crippen LogP contribution >= 0.6 is 0 Å². The van der Waals surface area contributed by atoms with Crippen LogP contribution in [0.2, 0.25) is 0 Å². The van der Waals surface area contributed by atoms with E-state index in [0.717, 1.165) is 18.5 Å². The molecule has 0 aliphatic heterocycles.